The van der Waals surface area contributed by atoms with Gasteiger partial charge >= 0.3 is 0 Å². The normalized spacial score (nSPS) is 11.0. The van der Waals surface area contributed by atoms with Crippen LogP contribution in [0.5, 0.6) is 5.75 Å². The highest BCUT2D eigenvalue weighted by molar-refractivity contribution is 6.33. The average molecular weight is 404 g/mol. The van der Waals surface area contributed by atoms with E-state index in [1.165, 1.54) is 0 Å². The van der Waals surface area contributed by atoms with Crippen LogP contribution in [0, 0.1) is 6.92 Å². The van der Waals surface area contributed by atoms with Gasteiger partial charge in [-0.1, -0.05) is 18.5 Å². The molecule has 0 aliphatic heterocycles. The van der Waals surface area contributed by atoms with Gasteiger partial charge in [-0.05, 0) is 25.5 Å². The second-order valence-corrected chi connectivity index (χ2v) is 6.87. The van der Waals surface area contributed by atoms with Crippen molar-refractivity contribution in [2.75, 3.05) is 44.1 Å². The molecule has 8 heteroatoms. The molecular weight excluding hydrogens is 378 g/mol. The zero-order chi connectivity index (χ0) is 20.1. The van der Waals surface area contributed by atoms with E-state index in [1.54, 1.807) is 26.5 Å². The second-order valence-electron chi connectivity index (χ2n) is 6.46. The summed E-state index contributed by atoms with van der Waals surface area (Å²) in [4.78, 5) is 7.02. The molecule has 0 atom stereocenters. The molecule has 1 N–H and O–H groups in total. The first-order chi connectivity index (χ1) is 13.6. The van der Waals surface area contributed by atoms with Crippen LogP contribution >= 0.6 is 11.6 Å². The lowest BCUT2D eigenvalue weighted by molar-refractivity contribution is 0.205. The number of methoxy groups -OCH3 is 2. The predicted octanol–water partition coefficient (Wildman–Crippen LogP) is 4.31. The van der Waals surface area contributed by atoms with Crippen LogP contribution in [0.2, 0.25) is 5.02 Å². The van der Waals surface area contributed by atoms with Crippen molar-refractivity contribution in [2.45, 2.75) is 20.3 Å². The van der Waals surface area contributed by atoms with Crippen LogP contribution in [0.3, 0.4) is 0 Å². The maximum Gasteiger partial charge on any atom is 0.159 e. The number of aromatic nitrogens is 3. The molecule has 1 aromatic carbocycles. The van der Waals surface area contributed by atoms with Crippen LogP contribution in [0.15, 0.2) is 30.5 Å². The zero-order valence-electron chi connectivity index (χ0n) is 16.7. The Hall–Kier alpha value is -2.51. The van der Waals surface area contributed by atoms with Crippen molar-refractivity contribution in [3.8, 4) is 5.75 Å². The number of hydrogen-bond donors (Lipinski definition) is 1. The predicted molar refractivity (Wildman–Crippen MR) is 113 cm³/mol. The highest BCUT2D eigenvalue weighted by Crippen LogP contribution is 2.33. The number of nitrogens with zero attached hydrogens (tertiary/aromatic N) is 4. The van der Waals surface area contributed by atoms with Gasteiger partial charge in [-0.3, -0.25) is 0 Å². The summed E-state index contributed by atoms with van der Waals surface area (Å²) >= 11 is 6.41. The molecule has 0 saturated heterocycles. The summed E-state index contributed by atoms with van der Waals surface area (Å²) in [5.74, 6) is 2.45. The van der Waals surface area contributed by atoms with Gasteiger partial charge in [0.25, 0.3) is 0 Å². The van der Waals surface area contributed by atoms with E-state index in [0.29, 0.717) is 17.4 Å². The number of ether oxygens (including phenoxy) is 2. The van der Waals surface area contributed by atoms with E-state index < -0.39 is 0 Å². The number of anilines is 3. The molecule has 2 aromatic heterocycles. The molecule has 0 aliphatic carbocycles. The second kappa shape index (κ2) is 9.12. The van der Waals surface area contributed by atoms with Gasteiger partial charge < -0.3 is 19.7 Å². The van der Waals surface area contributed by atoms with Crippen LogP contribution in [0.25, 0.3) is 5.65 Å². The fraction of sp³-hybridized carbons (Fsp3) is 0.400. The summed E-state index contributed by atoms with van der Waals surface area (Å²) in [7, 11) is 3.33. The molecule has 3 rings (SSSR count). The van der Waals surface area contributed by atoms with E-state index in [-0.39, 0.29) is 0 Å². The van der Waals surface area contributed by atoms with Gasteiger partial charge in [0.2, 0.25) is 0 Å². The molecule has 28 heavy (non-hydrogen) atoms. The summed E-state index contributed by atoms with van der Waals surface area (Å²) in [6.45, 7) is 6.50. The Morgan fingerprint density at radius 1 is 1.21 bits per heavy atom. The molecule has 2 heterocycles. The maximum absolute atomic E-state index is 6.41. The molecule has 0 radical (unpaired) electrons. The minimum atomic E-state index is 0.570. The standard InChI is InChI=1S/C20H26ClN5O2/c1-5-10-25(11-12-27-3)20-14(2)19(24-18-8-9-22-26(18)20)23-17-7-6-15(28-4)13-16(17)21/h6-9,13H,5,10-12H2,1-4H3,(H,23,24). The Balaban J connectivity index is 2.05. The highest BCUT2D eigenvalue weighted by Gasteiger charge is 2.19. The highest BCUT2D eigenvalue weighted by atomic mass is 35.5. The number of rotatable bonds is 9. The van der Waals surface area contributed by atoms with Gasteiger partial charge in [-0.15, -0.1) is 0 Å². The quantitative estimate of drug-likeness (QED) is 0.574. The molecule has 0 aliphatic rings. The van der Waals surface area contributed by atoms with E-state index in [1.807, 2.05) is 29.6 Å². The summed E-state index contributed by atoms with van der Waals surface area (Å²) < 4.78 is 12.4. The Labute approximate surface area is 170 Å². The third-order valence-corrected chi connectivity index (χ3v) is 4.84. The first-order valence-electron chi connectivity index (χ1n) is 9.27. The first kappa shape index (κ1) is 20.2. The Bertz CT molecular complexity index is 944. The first-order valence-corrected chi connectivity index (χ1v) is 9.65. The van der Waals surface area contributed by atoms with Crippen molar-refractivity contribution in [3.63, 3.8) is 0 Å². The van der Waals surface area contributed by atoms with E-state index >= 15 is 0 Å². The summed E-state index contributed by atoms with van der Waals surface area (Å²) in [5.41, 5.74) is 2.53. The fourth-order valence-electron chi connectivity index (χ4n) is 3.15. The van der Waals surface area contributed by atoms with Crippen molar-refractivity contribution in [1.82, 2.24) is 14.6 Å². The number of fused-ring (bicyclic) bond motifs is 1. The number of benzene rings is 1. The van der Waals surface area contributed by atoms with Crippen molar-refractivity contribution in [3.05, 3.63) is 41.0 Å². The molecular formula is C20H26ClN5O2. The molecule has 3 aromatic rings. The minimum Gasteiger partial charge on any atom is -0.497 e. The summed E-state index contributed by atoms with van der Waals surface area (Å²) in [6, 6.07) is 7.42. The lowest BCUT2D eigenvalue weighted by Gasteiger charge is -2.27. The third kappa shape index (κ3) is 4.15. The molecule has 150 valence electrons. The molecule has 0 fully saturated rings. The molecule has 0 saturated carbocycles. The van der Waals surface area contributed by atoms with Crippen LogP contribution in [0.1, 0.15) is 18.9 Å². The Morgan fingerprint density at radius 2 is 2.04 bits per heavy atom. The zero-order valence-corrected chi connectivity index (χ0v) is 17.5. The Kier molecular flexibility index (Phi) is 6.59. The topological polar surface area (TPSA) is 63.9 Å². The van der Waals surface area contributed by atoms with Crippen molar-refractivity contribution < 1.29 is 9.47 Å². The number of halogens is 1. The lowest BCUT2D eigenvalue weighted by Crippen LogP contribution is -2.31. The van der Waals surface area contributed by atoms with E-state index in [9.17, 15) is 0 Å². The van der Waals surface area contributed by atoms with Gasteiger partial charge in [-0.2, -0.15) is 9.61 Å². The van der Waals surface area contributed by atoms with E-state index in [4.69, 9.17) is 26.1 Å². The average Bonchev–Trinajstić information content (AvgIpc) is 3.15. The lowest BCUT2D eigenvalue weighted by atomic mass is 10.2. The maximum atomic E-state index is 6.41. The van der Waals surface area contributed by atoms with Gasteiger partial charge in [0, 0.05) is 37.9 Å². The van der Waals surface area contributed by atoms with Gasteiger partial charge in [0.1, 0.15) is 17.4 Å². The monoisotopic (exact) mass is 403 g/mol. The summed E-state index contributed by atoms with van der Waals surface area (Å²) in [6.07, 6.45) is 2.77. The molecule has 0 bridgehead atoms. The smallest absolute Gasteiger partial charge is 0.159 e. The molecule has 7 nitrogen and oxygen atoms in total. The fourth-order valence-corrected chi connectivity index (χ4v) is 3.36. The van der Waals surface area contributed by atoms with E-state index in [0.717, 1.165) is 48.0 Å². The SMILES string of the molecule is CCCN(CCOC)c1c(C)c(Nc2ccc(OC)cc2Cl)nc2ccnn12. The largest absolute Gasteiger partial charge is 0.497 e. The number of nitrogens with one attached hydrogen (secondary N) is 1. The summed E-state index contributed by atoms with van der Waals surface area (Å²) in [5, 5.41) is 8.42. The Morgan fingerprint density at radius 3 is 2.71 bits per heavy atom. The van der Waals surface area contributed by atoms with Crippen LogP contribution in [0.4, 0.5) is 17.3 Å². The van der Waals surface area contributed by atoms with Crippen molar-refractivity contribution >= 4 is 34.6 Å². The van der Waals surface area contributed by atoms with Crippen LogP contribution in [-0.4, -0.2) is 48.5 Å². The molecule has 0 amide bonds. The van der Waals surface area contributed by atoms with E-state index in [2.05, 4.69) is 22.2 Å². The minimum absolute atomic E-state index is 0.570. The van der Waals surface area contributed by atoms with Crippen molar-refractivity contribution in [2.24, 2.45) is 0 Å². The van der Waals surface area contributed by atoms with Gasteiger partial charge in [0.15, 0.2) is 5.65 Å². The van der Waals surface area contributed by atoms with Gasteiger partial charge in [0.05, 0.1) is 30.6 Å². The van der Waals surface area contributed by atoms with Crippen LogP contribution in [-0.2, 0) is 4.74 Å². The van der Waals surface area contributed by atoms with Crippen LogP contribution < -0.4 is 15.0 Å². The third-order valence-electron chi connectivity index (χ3n) is 4.53. The molecule has 0 spiro atoms. The van der Waals surface area contributed by atoms with Crippen molar-refractivity contribution in [1.29, 1.82) is 0 Å². The number of hydrogen-bond acceptors (Lipinski definition) is 6. The van der Waals surface area contributed by atoms with Gasteiger partial charge in [-0.25, -0.2) is 4.98 Å². The molecule has 0 unspecified atom stereocenters.